The van der Waals surface area contributed by atoms with Crippen LogP contribution in [0.25, 0.3) is 0 Å². The molecule has 1 aromatic rings. The second-order valence-corrected chi connectivity index (χ2v) is 5.69. The lowest BCUT2D eigenvalue weighted by Gasteiger charge is -2.33. The lowest BCUT2D eigenvalue weighted by atomic mass is 10.0. The minimum atomic E-state index is -0.119. The minimum absolute atomic E-state index is 0.119. The number of hydrogen-bond acceptors (Lipinski definition) is 4. The van der Waals surface area contributed by atoms with Crippen LogP contribution in [-0.4, -0.2) is 43.7 Å². The van der Waals surface area contributed by atoms with Crippen molar-refractivity contribution in [1.29, 1.82) is 0 Å². The summed E-state index contributed by atoms with van der Waals surface area (Å²) in [5, 5.41) is 3.57. The van der Waals surface area contributed by atoms with Gasteiger partial charge in [-0.3, -0.25) is 9.69 Å². The molecule has 21 heavy (non-hydrogen) atoms. The number of nitrogens with zero attached hydrogens (tertiary/aromatic N) is 1. The molecule has 1 saturated heterocycles. The van der Waals surface area contributed by atoms with Crippen LogP contribution in [-0.2, 0) is 16.1 Å². The average Bonchev–Trinajstić information content (AvgIpc) is 2.52. The maximum absolute atomic E-state index is 11.1. The Hall–Kier alpha value is -1.39. The first-order valence-electron chi connectivity index (χ1n) is 7.84. The molecule has 0 radical (unpaired) electrons. The van der Waals surface area contributed by atoms with E-state index in [1.165, 1.54) is 32.1 Å². The van der Waals surface area contributed by atoms with E-state index in [0.717, 1.165) is 26.1 Å². The molecule has 0 spiro atoms. The normalized spacial score (nSPS) is 19.4. The van der Waals surface area contributed by atoms with Crippen molar-refractivity contribution in [2.24, 2.45) is 0 Å². The maximum Gasteiger partial charge on any atom is 0.305 e. The monoisotopic (exact) mass is 290 g/mol. The molecule has 4 nitrogen and oxygen atoms in total. The molecule has 1 atom stereocenters. The van der Waals surface area contributed by atoms with E-state index in [-0.39, 0.29) is 5.97 Å². The molecule has 0 aromatic heterocycles. The Morgan fingerprint density at radius 3 is 2.95 bits per heavy atom. The Kier molecular flexibility index (Phi) is 6.70. The zero-order valence-electron chi connectivity index (χ0n) is 12.9. The number of likely N-dealkylation sites (tertiary alicyclic amines) is 1. The molecule has 1 unspecified atom stereocenters. The van der Waals surface area contributed by atoms with Crippen molar-refractivity contribution >= 4 is 5.97 Å². The van der Waals surface area contributed by atoms with Crippen molar-refractivity contribution in [3.8, 4) is 0 Å². The molecule has 0 amide bonds. The predicted molar refractivity (Wildman–Crippen MR) is 84.0 cm³/mol. The number of nitrogens with one attached hydrogen (secondary N) is 1. The molecule has 1 N–H and O–H groups in total. The summed E-state index contributed by atoms with van der Waals surface area (Å²) in [6, 6.07) is 11.2. The van der Waals surface area contributed by atoms with Gasteiger partial charge in [0.15, 0.2) is 0 Å². The fourth-order valence-corrected chi connectivity index (χ4v) is 2.85. The van der Waals surface area contributed by atoms with Gasteiger partial charge >= 0.3 is 5.97 Å². The van der Waals surface area contributed by atoms with E-state index in [0.29, 0.717) is 12.5 Å². The van der Waals surface area contributed by atoms with E-state index < -0.39 is 0 Å². The van der Waals surface area contributed by atoms with E-state index in [2.05, 4.69) is 45.3 Å². The highest BCUT2D eigenvalue weighted by molar-refractivity contribution is 5.69. The molecule has 1 heterocycles. The van der Waals surface area contributed by atoms with E-state index in [1.807, 2.05) is 0 Å². The fraction of sp³-hybridized carbons (Fsp3) is 0.588. The Morgan fingerprint density at radius 2 is 2.19 bits per heavy atom. The van der Waals surface area contributed by atoms with Gasteiger partial charge in [-0.1, -0.05) is 30.3 Å². The van der Waals surface area contributed by atoms with E-state index in [4.69, 9.17) is 0 Å². The Morgan fingerprint density at radius 1 is 1.38 bits per heavy atom. The molecule has 4 heteroatoms. The van der Waals surface area contributed by atoms with E-state index >= 15 is 0 Å². The standard InChI is InChI=1S/C17H26N2O2/c1-21-17(20)10-5-11-18-16-9-6-12-19(14-16)13-15-7-3-2-4-8-15/h2-4,7-8,16,18H,5-6,9-14H2,1H3. The summed E-state index contributed by atoms with van der Waals surface area (Å²) in [7, 11) is 1.44. The van der Waals surface area contributed by atoms with Crippen LogP contribution in [0.5, 0.6) is 0 Å². The molecule has 1 aromatic carbocycles. The van der Waals surface area contributed by atoms with Crippen LogP contribution < -0.4 is 5.32 Å². The topological polar surface area (TPSA) is 41.6 Å². The van der Waals surface area contributed by atoms with Crippen LogP contribution >= 0.6 is 0 Å². The number of hydrogen-bond donors (Lipinski definition) is 1. The molecule has 1 aliphatic heterocycles. The Bertz CT molecular complexity index is 422. The zero-order valence-corrected chi connectivity index (χ0v) is 12.9. The van der Waals surface area contributed by atoms with Crippen LogP contribution in [0.4, 0.5) is 0 Å². The highest BCUT2D eigenvalue weighted by Gasteiger charge is 2.19. The summed E-state index contributed by atoms with van der Waals surface area (Å²) in [5.74, 6) is -0.119. The van der Waals surface area contributed by atoms with Crippen molar-refractivity contribution in [3.63, 3.8) is 0 Å². The SMILES string of the molecule is COC(=O)CCCNC1CCCN(Cc2ccccc2)C1. The molecule has 0 saturated carbocycles. The summed E-state index contributed by atoms with van der Waals surface area (Å²) in [5.41, 5.74) is 1.38. The van der Waals surface area contributed by atoms with Crippen LogP contribution in [0, 0.1) is 0 Å². The van der Waals surface area contributed by atoms with Crippen molar-refractivity contribution in [1.82, 2.24) is 10.2 Å². The maximum atomic E-state index is 11.1. The summed E-state index contributed by atoms with van der Waals surface area (Å²) in [6.07, 6.45) is 3.82. The van der Waals surface area contributed by atoms with Gasteiger partial charge < -0.3 is 10.1 Å². The predicted octanol–water partition coefficient (Wildman–Crippen LogP) is 2.19. The molecular weight excluding hydrogens is 264 g/mol. The lowest BCUT2D eigenvalue weighted by molar-refractivity contribution is -0.140. The molecule has 0 bridgehead atoms. The van der Waals surface area contributed by atoms with Crippen LogP contribution in [0.1, 0.15) is 31.2 Å². The lowest BCUT2D eigenvalue weighted by Crippen LogP contribution is -2.45. The zero-order chi connectivity index (χ0) is 14.9. The van der Waals surface area contributed by atoms with Gasteiger partial charge in [0.1, 0.15) is 0 Å². The third-order valence-electron chi connectivity index (χ3n) is 3.97. The molecule has 0 aliphatic carbocycles. The van der Waals surface area contributed by atoms with Crippen LogP contribution in [0.3, 0.4) is 0 Å². The van der Waals surface area contributed by atoms with Gasteiger partial charge in [-0.2, -0.15) is 0 Å². The van der Waals surface area contributed by atoms with E-state index in [1.54, 1.807) is 0 Å². The molecule has 1 fully saturated rings. The van der Waals surface area contributed by atoms with Gasteiger partial charge in [0, 0.05) is 25.6 Å². The second-order valence-electron chi connectivity index (χ2n) is 5.69. The van der Waals surface area contributed by atoms with Crippen molar-refractivity contribution in [2.75, 3.05) is 26.7 Å². The molecule has 116 valence electrons. The van der Waals surface area contributed by atoms with Gasteiger partial charge in [0.25, 0.3) is 0 Å². The van der Waals surface area contributed by atoms with Gasteiger partial charge in [-0.15, -0.1) is 0 Å². The highest BCUT2D eigenvalue weighted by Crippen LogP contribution is 2.13. The fourth-order valence-electron chi connectivity index (χ4n) is 2.85. The summed E-state index contributed by atoms with van der Waals surface area (Å²) >= 11 is 0. The number of carbonyl (C=O) groups excluding carboxylic acids is 1. The Labute approximate surface area is 127 Å². The average molecular weight is 290 g/mol. The van der Waals surface area contributed by atoms with Gasteiger partial charge in [0.2, 0.25) is 0 Å². The number of benzene rings is 1. The minimum Gasteiger partial charge on any atom is -0.469 e. The quantitative estimate of drug-likeness (QED) is 0.617. The molecule has 1 aliphatic rings. The van der Waals surface area contributed by atoms with Crippen molar-refractivity contribution in [2.45, 2.75) is 38.3 Å². The first kappa shape index (κ1) is 16.0. The second kappa shape index (κ2) is 8.80. The van der Waals surface area contributed by atoms with Crippen LogP contribution in [0.2, 0.25) is 0 Å². The number of rotatable bonds is 7. The number of esters is 1. The van der Waals surface area contributed by atoms with Crippen molar-refractivity contribution < 1.29 is 9.53 Å². The third kappa shape index (κ3) is 5.86. The smallest absolute Gasteiger partial charge is 0.305 e. The largest absolute Gasteiger partial charge is 0.469 e. The van der Waals surface area contributed by atoms with Gasteiger partial charge in [-0.05, 0) is 37.9 Å². The van der Waals surface area contributed by atoms with Gasteiger partial charge in [-0.25, -0.2) is 0 Å². The number of methoxy groups -OCH3 is 1. The number of carbonyl (C=O) groups is 1. The van der Waals surface area contributed by atoms with Gasteiger partial charge in [0.05, 0.1) is 7.11 Å². The summed E-state index contributed by atoms with van der Waals surface area (Å²) in [4.78, 5) is 13.6. The Balaban J connectivity index is 1.67. The third-order valence-corrected chi connectivity index (χ3v) is 3.97. The van der Waals surface area contributed by atoms with Crippen LogP contribution in [0.15, 0.2) is 30.3 Å². The first-order valence-corrected chi connectivity index (χ1v) is 7.84. The molecular formula is C17H26N2O2. The van der Waals surface area contributed by atoms with Crippen molar-refractivity contribution in [3.05, 3.63) is 35.9 Å². The summed E-state index contributed by atoms with van der Waals surface area (Å²) in [6.45, 7) is 4.18. The number of ether oxygens (including phenoxy) is 1. The van der Waals surface area contributed by atoms with E-state index in [9.17, 15) is 4.79 Å². The molecule has 2 rings (SSSR count). The first-order chi connectivity index (χ1) is 10.3. The number of piperidine rings is 1. The highest BCUT2D eigenvalue weighted by atomic mass is 16.5. The summed E-state index contributed by atoms with van der Waals surface area (Å²) < 4.78 is 4.65.